The van der Waals surface area contributed by atoms with Crippen LogP contribution in [0.2, 0.25) is 19.4 Å². The Kier molecular flexibility index (Phi) is 7.77. The standard InChI is InChI=1S/C31H39BO3Si/c1-24(25-17-11-8-12-18-25)28(23-32-34-30(2,3)31(4,5)35-32)29(26-19-13-9-14-20-26)33-36(6,7)27-21-15-10-16-22-27/h8-22,28-29H,1,23H2,2-7H3. The minimum absolute atomic E-state index is 0.0417. The molecule has 36 heavy (non-hydrogen) atoms. The number of hydrogen-bond donors (Lipinski definition) is 0. The molecule has 1 heterocycles. The van der Waals surface area contributed by atoms with E-state index < -0.39 is 19.5 Å². The summed E-state index contributed by atoms with van der Waals surface area (Å²) in [5.74, 6) is -0.0417. The van der Waals surface area contributed by atoms with E-state index in [0.717, 1.165) is 16.7 Å². The van der Waals surface area contributed by atoms with Crippen LogP contribution in [0.3, 0.4) is 0 Å². The van der Waals surface area contributed by atoms with Gasteiger partial charge in [-0.1, -0.05) is 97.6 Å². The Balaban J connectivity index is 1.75. The highest BCUT2D eigenvalue weighted by molar-refractivity contribution is 6.84. The zero-order valence-corrected chi connectivity index (χ0v) is 23.5. The van der Waals surface area contributed by atoms with E-state index in [1.54, 1.807) is 0 Å². The summed E-state index contributed by atoms with van der Waals surface area (Å²) < 4.78 is 20.1. The molecule has 0 saturated carbocycles. The van der Waals surface area contributed by atoms with Crippen LogP contribution < -0.4 is 5.19 Å². The molecule has 1 saturated heterocycles. The van der Waals surface area contributed by atoms with E-state index in [2.05, 4.69) is 132 Å². The van der Waals surface area contributed by atoms with Crippen molar-refractivity contribution in [1.82, 2.24) is 0 Å². The number of benzene rings is 3. The van der Waals surface area contributed by atoms with Gasteiger partial charge in [0.05, 0.1) is 17.3 Å². The van der Waals surface area contributed by atoms with Crippen LogP contribution in [-0.4, -0.2) is 26.6 Å². The minimum atomic E-state index is -2.27. The van der Waals surface area contributed by atoms with Gasteiger partial charge in [0, 0.05) is 5.92 Å². The lowest BCUT2D eigenvalue weighted by molar-refractivity contribution is 0.00578. The highest BCUT2D eigenvalue weighted by atomic mass is 28.4. The van der Waals surface area contributed by atoms with Gasteiger partial charge in [0.1, 0.15) is 0 Å². The van der Waals surface area contributed by atoms with E-state index >= 15 is 0 Å². The van der Waals surface area contributed by atoms with Gasteiger partial charge in [-0.3, -0.25) is 0 Å². The van der Waals surface area contributed by atoms with Gasteiger partial charge in [-0.2, -0.15) is 0 Å². The van der Waals surface area contributed by atoms with Gasteiger partial charge in [0.15, 0.2) is 0 Å². The Morgan fingerprint density at radius 3 is 1.81 bits per heavy atom. The van der Waals surface area contributed by atoms with Crippen LogP contribution in [0.25, 0.3) is 5.57 Å². The molecule has 0 amide bonds. The van der Waals surface area contributed by atoms with Gasteiger partial charge in [0.2, 0.25) is 8.32 Å². The monoisotopic (exact) mass is 498 g/mol. The van der Waals surface area contributed by atoms with E-state index in [4.69, 9.17) is 13.7 Å². The largest absolute Gasteiger partial charge is 0.458 e. The lowest BCUT2D eigenvalue weighted by Gasteiger charge is -2.36. The fourth-order valence-corrected chi connectivity index (χ4v) is 6.90. The third-order valence-electron chi connectivity index (χ3n) is 7.72. The molecular formula is C31H39BO3Si. The molecule has 3 nitrogen and oxygen atoms in total. The first-order valence-corrected chi connectivity index (χ1v) is 15.8. The Morgan fingerprint density at radius 2 is 1.28 bits per heavy atom. The van der Waals surface area contributed by atoms with Gasteiger partial charge >= 0.3 is 7.12 Å². The molecule has 0 radical (unpaired) electrons. The summed E-state index contributed by atoms with van der Waals surface area (Å²) in [7, 11) is -2.62. The average Bonchev–Trinajstić information content (AvgIpc) is 3.08. The molecule has 0 bridgehead atoms. The van der Waals surface area contributed by atoms with E-state index in [1.807, 2.05) is 6.07 Å². The van der Waals surface area contributed by atoms with Crippen LogP contribution in [0.1, 0.15) is 44.9 Å². The van der Waals surface area contributed by atoms with Crippen molar-refractivity contribution in [3.63, 3.8) is 0 Å². The summed E-state index contributed by atoms with van der Waals surface area (Å²) >= 11 is 0. The zero-order chi connectivity index (χ0) is 26.0. The lowest BCUT2D eigenvalue weighted by Crippen LogP contribution is -2.47. The quantitative estimate of drug-likeness (QED) is 0.290. The average molecular weight is 499 g/mol. The minimum Gasteiger partial charge on any atom is -0.405 e. The van der Waals surface area contributed by atoms with Crippen molar-refractivity contribution in [2.75, 3.05) is 0 Å². The van der Waals surface area contributed by atoms with Crippen LogP contribution in [0.5, 0.6) is 0 Å². The van der Waals surface area contributed by atoms with E-state index in [-0.39, 0.29) is 19.1 Å². The number of hydrogen-bond acceptors (Lipinski definition) is 3. The van der Waals surface area contributed by atoms with E-state index in [1.165, 1.54) is 5.19 Å². The van der Waals surface area contributed by atoms with Crippen LogP contribution >= 0.6 is 0 Å². The first kappa shape index (κ1) is 26.6. The molecule has 0 aromatic heterocycles. The molecule has 3 aromatic rings. The molecular weight excluding hydrogens is 459 g/mol. The summed E-state index contributed by atoms with van der Waals surface area (Å²) in [4.78, 5) is 0. The molecule has 2 atom stereocenters. The molecule has 1 fully saturated rings. The molecule has 0 aliphatic carbocycles. The van der Waals surface area contributed by atoms with Crippen LogP contribution in [-0.2, 0) is 13.7 Å². The van der Waals surface area contributed by atoms with Gasteiger partial charge < -0.3 is 13.7 Å². The zero-order valence-electron chi connectivity index (χ0n) is 22.5. The van der Waals surface area contributed by atoms with Gasteiger partial charge in [-0.05, 0) is 69.0 Å². The first-order valence-electron chi connectivity index (χ1n) is 12.9. The summed E-state index contributed by atoms with van der Waals surface area (Å²) in [5.41, 5.74) is 2.52. The SMILES string of the molecule is C=C(c1ccccc1)C(CB1OC(C)(C)C(C)(C)O1)C(O[Si](C)(C)c1ccccc1)c1ccccc1. The van der Waals surface area contributed by atoms with Crippen molar-refractivity contribution in [2.45, 2.75) is 64.4 Å². The van der Waals surface area contributed by atoms with Crippen molar-refractivity contribution < 1.29 is 13.7 Å². The smallest absolute Gasteiger partial charge is 0.405 e. The Labute approximate surface area is 218 Å². The summed E-state index contributed by atoms with van der Waals surface area (Å²) in [6.07, 6.45) is 0.458. The highest BCUT2D eigenvalue weighted by Crippen LogP contribution is 2.45. The predicted molar refractivity (Wildman–Crippen MR) is 154 cm³/mol. The van der Waals surface area contributed by atoms with Gasteiger partial charge in [-0.15, -0.1) is 0 Å². The third kappa shape index (κ3) is 5.76. The fourth-order valence-electron chi connectivity index (χ4n) is 4.83. The molecule has 1 aliphatic heterocycles. The second-order valence-corrected chi connectivity index (χ2v) is 15.1. The highest BCUT2D eigenvalue weighted by Gasteiger charge is 2.52. The Bertz CT molecular complexity index is 1130. The fraction of sp³-hybridized carbons (Fsp3) is 0.355. The lowest BCUT2D eigenvalue weighted by atomic mass is 9.70. The van der Waals surface area contributed by atoms with Crippen molar-refractivity contribution in [1.29, 1.82) is 0 Å². The summed E-state index contributed by atoms with van der Waals surface area (Å²) in [6, 6.07) is 31.6. The van der Waals surface area contributed by atoms with Crippen LogP contribution in [0, 0.1) is 5.92 Å². The van der Waals surface area contributed by atoms with Crippen molar-refractivity contribution in [3.05, 3.63) is 109 Å². The summed E-state index contributed by atoms with van der Waals surface area (Å²) in [6.45, 7) is 17.6. The third-order valence-corrected chi connectivity index (χ3v) is 10.3. The van der Waals surface area contributed by atoms with Gasteiger partial charge in [0.25, 0.3) is 0 Å². The van der Waals surface area contributed by atoms with Crippen molar-refractivity contribution >= 4 is 26.2 Å². The second-order valence-electron chi connectivity index (χ2n) is 11.2. The first-order chi connectivity index (χ1) is 17.0. The van der Waals surface area contributed by atoms with Crippen molar-refractivity contribution in [3.8, 4) is 0 Å². The molecule has 4 rings (SSSR count). The molecule has 188 valence electrons. The number of rotatable bonds is 9. The molecule has 0 spiro atoms. The summed E-state index contributed by atoms with van der Waals surface area (Å²) in [5, 5.41) is 1.27. The maximum absolute atomic E-state index is 7.20. The Hall–Kier alpha value is -2.44. The molecule has 0 N–H and O–H groups in total. The maximum Gasteiger partial charge on any atom is 0.458 e. The molecule has 2 unspecified atom stereocenters. The van der Waals surface area contributed by atoms with Crippen LogP contribution in [0.15, 0.2) is 97.6 Å². The topological polar surface area (TPSA) is 27.7 Å². The van der Waals surface area contributed by atoms with Crippen molar-refractivity contribution in [2.24, 2.45) is 5.92 Å². The maximum atomic E-state index is 7.20. The Morgan fingerprint density at radius 1 is 0.806 bits per heavy atom. The van der Waals surface area contributed by atoms with Crippen LogP contribution in [0.4, 0.5) is 0 Å². The predicted octanol–water partition coefficient (Wildman–Crippen LogP) is 7.28. The molecule has 3 aromatic carbocycles. The van der Waals surface area contributed by atoms with E-state index in [9.17, 15) is 0 Å². The normalized spacial score (nSPS) is 18.6. The molecule has 5 heteroatoms. The van der Waals surface area contributed by atoms with Gasteiger partial charge in [-0.25, -0.2) is 0 Å². The molecule has 1 aliphatic rings. The second kappa shape index (κ2) is 10.5. The van der Waals surface area contributed by atoms with E-state index in [0.29, 0.717) is 6.32 Å².